The van der Waals surface area contributed by atoms with Gasteiger partial charge in [0.2, 0.25) is 0 Å². The van der Waals surface area contributed by atoms with Crippen molar-refractivity contribution in [3.63, 3.8) is 0 Å². The van der Waals surface area contributed by atoms with Crippen molar-refractivity contribution >= 4 is 23.4 Å². The number of hydrogen-bond donors (Lipinski definition) is 1. The molecular weight excluding hydrogens is 406 g/mol. The van der Waals surface area contributed by atoms with Crippen molar-refractivity contribution in [3.05, 3.63) is 41.0 Å². The second kappa shape index (κ2) is 8.83. The Morgan fingerprint density at radius 3 is 2.60 bits per heavy atom. The first-order chi connectivity index (χ1) is 14.5. The number of rotatable bonds is 8. The van der Waals surface area contributed by atoms with Gasteiger partial charge in [0.25, 0.3) is 0 Å². The zero-order valence-electron chi connectivity index (χ0n) is 17.4. The Hall–Kier alpha value is -2.29. The molecular formula is C21H28ClN5O3. The summed E-state index contributed by atoms with van der Waals surface area (Å²) in [5.41, 5.74) is 1.02. The predicted molar refractivity (Wildman–Crippen MR) is 115 cm³/mol. The van der Waals surface area contributed by atoms with Crippen molar-refractivity contribution in [1.82, 2.24) is 19.7 Å². The monoisotopic (exact) mass is 433 g/mol. The van der Waals surface area contributed by atoms with Crippen molar-refractivity contribution in [2.24, 2.45) is 7.05 Å². The van der Waals surface area contributed by atoms with Gasteiger partial charge in [0.1, 0.15) is 18.6 Å². The topological polar surface area (TPSA) is 74.1 Å². The molecule has 1 N–H and O–H groups in total. The fourth-order valence-corrected chi connectivity index (χ4v) is 3.74. The highest BCUT2D eigenvalue weighted by atomic mass is 35.5. The Balaban J connectivity index is 1.51. The third kappa shape index (κ3) is 4.40. The minimum absolute atomic E-state index is 0.0358. The first-order valence-electron chi connectivity index (χ1n) is 10.4. The van der Waals surface area contributed by atoms with Crippen LogP contribution in [0.2, 0.25) is 5.02 Å². The van der Waals surface area contributed by atoms with E-state index >= 15 is 0 Å². The molecule has 30 heavy (non-hydrogen) atoms. The molecule has 2 amide bonds. The maximum atomic E-state index is 13.3. The first-order valence-corrected chi connectivity index (χ1v) is 10.8. The van der Waals surface area contributed by atoms with Crippen molar-refractivity contribution < 1.29 is 14.6 Å². The number of carbonyl (C=O) groups excluding carboxylic acids is 1. The zero-order chi connectivity index (χ0) is 21.3. The number of aryl methyl sites for hydroxylation is 1. The lowest BCUT2D eigenvalue weighted by atomic mass is 10.2. The molecule has 0 spiro atoms. The van der Waals surface area contributed by atoms with Gasteiger partial charge in [-0.15, -0.1) is 0 Å². The number of urea groups is 1. The maximum Gasteiger partial charge on any atom is 0.342 e. The fourth-order valence-electron chi connectivity index (χ4n) is 3.61. The summed E-state index contributed by atoms with van der Waals surface area (Å²) >= 11 is 5.93. The standard InChI is InChI=1S/C21H28ClN5O3/c1-3-10-25(14-28)21(29)27(20-11-19(15-4-5-15)23-24(20)2)26-12-18(13-26)30-17-8-6-16(22)7-9-17/h6-9,11,15,18,28H,3-5,10,12-14H2,1-2H3. The van der Waals surface area contributed by atoms with Crippen LogP contribution < -0.4 is 9.75 Å². The van der Waals surface area contributed by atoms with Gasteiger partial charge in [-0.2, -0.15) is 5.10 Å². The van der Waals surface area contributed by atoms with Gasteiger partial charge in [0.05, 0.1) is 18.8 Å². The summed E-state index contributed by atoms with van der Waals surface area (Å²) in [5, 5.41) is 18.6. The van der Waals surface area contributed by atoms with Gasteiger partial charge < -0.3 is 14.7 Å². The molecule has 2 heterocycles. The predicted octanol–water partition coefficient (Wildman–Crippen LogP) is 3.22. The van der Waals surface area contributed by atoms with Crippen LogP contribution in [0.3, 0.4) is 0 Å². The van der Waals surface area contributed by atoms with Crippen molar-refractivity contribution in [2.45, 2.75) is 38.2 Å². The normalized spacial score (nSPS) is 16.9. The van der Waals surface area contributed by atoms with E-state index in [1.54, 1.807) is 21.8 Å². The highest BCUT2D eigenvalue weighted by Crippen LogP contribution is 2.40. The number of hydrogen-bond acceptors (Lipinski definition) is 5. The number of amides is 2. The molecule has 1 aliphatic heterocycles. The van der Waals surface area contributed by atoms with E-state index < -0.39 is 0 Å². The third-order valence-corrected chi connectivity index (χ3v) is 5.68. The van der Waals surface area contributed by atoms with E-state index in [4.69, 9.17) is 16.3 Å². The van der Waals surface area contributed by atoms with Crippen LogP contribution in [0.4, 0.5) is 10.6 Å². The van der Waals surface area contributed by atoms with Gasteiger partial charge in [-0.25, -0.2) is 14.8 Å². The van der Waals surface area contributed by atoms with Crippen LogP contribution in [-0.2, 0) is 7.05 Å². The van der Waals surface area contributed by atoms with Gasteiger partial charge in [-0.05, 0) is 43.5 Å². The summed E-state index contributed by atoms with van der Waals surface area (Å²) in [7, 11) is 1.85. The summed E-state index contributed by atoms with van der Waals surface area (Å²) in [5.74, 6) is 1.95. The number of aliphatic hydroxyl groups is 1. The quantitative estimate of drug-likeness (QED) is 0.647. The number of hydrazine groups is 1. The minimum Gasteiger partial charge on any atom is -0.488 e. The summed E-state index contributed by atoms with van der Waals surface area (Å²) in [4.78, 5) is 14.7. The molecule has 1 saturated carbocycles. The highest BCUT2D eigenvalue weighted by molar-refractivity contribution is 6.30. The van der Waals surface area contributed by atoms with Gasteiger partial charge >= 0.3 is 6.03 Å². The van der Waals surface area contributed by atoms with Crippen LogP contribution in [0.15, 0.2) is 30.3 Å². The fraction of sp³-hybridized carbons (Fsp3) is 0.524. The molecule has 0 unspecified atom stereocenters. The van der Waals surface area contributed by atoms with Crippen molar-refractivity contribution in [1.29, 1.82) is 0 Å². The first kappa shape index (κ1) is 21.0. The maximum absolute atomic E-state index is 13.3. The van der Waals surface area contributed by atoms with E-state index in [-0.39, 0.29) is 18.9 Å². The second-order valence-corrected chi connectivity index (χ2v) is 8.33. The molecule has 2 aromatic rings. The zero-order valence-corrected chi connectivity index (χ0v) is 18.1. The Bertz CT molecular complexity index is 877. The van der Waals surface area contributed by atoms with Crippen LogP contribution in [0.1, 0.15) is 37.8 Å². The molecule has 2 aliphatic rings. The molecule has 1 saturated heterocycles. The molecule has 8 nitrogen and oxygen atoms in total. The molecule has 1 aliphatic carbocycles. The van der Waals surface area contributed by atoms with Gasteiger partial charge in [-0.1, -0.05) is 18.5 Å². The van der Waals surface area contributed by atoms with Gasteiger partial charge in [-0.3, -0.25) is 4.68 Å². The Morgan fingerprint density at radius 2 is 2.00 bits per heavy atom. The number of aromatic nitrogens is 2. The van der Waals surface area contributed by atoms with E-state index in [1.807, 2.05) is 37.2 Å². The van der Waals surface area contributed by atoms with E-state index in [0.29, 0.717) is 36.4 Å². The Kier molecular flexibility index (Phi) is 6.17. The van der Waals surface area contributed by atoms with Crippen molar-refractivity contribution in [3.8, 4) is 5.75 Å². The average molecular weight is 434 g/mol. The number of ether oxygens (including phenoxy) is 1. The SMILES string of the molecule is CCCN(CO)C(=O)N(c1cc(C2CC2)nn1C)N1CC(Oc2ccc(Cl)cc2)C1. The number of benzene rings is 1. The highest BCUT2D eigenvalue weighted by Gasteiger charge is 2.40. The second-order valence-electron chi connectivity index (χ2n) is 7.89. The summed E-state index contributed by atoms with van der Waals surface area (Å²) in [6.45, 7) is 3.26. The molecule has 0 bridgehead atoms. The number of nitrogens with zero attached hydrogens (tertiary/aromatic N) is 5. The molecule has 9 heteroatoms. The van der Waals surface area contributed by atoms with E-state index in [2.05, 4.69) is 5.10 Å². The molecule has 1 aromatic carbocycles. The minimum atomic E-state index is -0.324. The lowest BCUT2D eigenvalue weighted by Gasteiger charge is -2.45. The molecule has 0 atom stereocenters. The number of aliphatic hydroxyl groups excluding tert-OH is 1. The van der Waals surface area contributed by atoms with E-state index in [9.17, 15) is 9.90 Å². The number of carbonyl (C=O) groups is 1. The molecule has 1 aromatic heterocycles. The number of anilines is 1. The molecule has 4 rings (SSSR count). The van der Waals surface area contributed by atoms with Gasteiger partial charge in [0, 0.05) is 30.6 Å². The van der Waals surface area contributed by atoms with Crippen LogP contribution in [0.5, 0.6) is 5.75 Å². The van der Waals surface area contributed by atoms with Crippen LogP contribution in [0.25, 0.3) is 0 Å². The van der Waals surface area contributed by atoms with E-state index in [1.165, 1.54) is 4.90 Å². The summed E-state index contributed by atoms with van der Waals surface area (Å²) in [6.07, 6.45) is 3.01. The third-order valence-electron chi connectivity index (χ3n) is 5.43. The lowest BCUT2D eigenvalue weighted by Crippen LogP contribution is -2.65. The van der Waals surface area contributed by atoms with Crippen LogP contribution >= 0.6 is 11.6 Å². The Morgan fingerprint density at radius 1 is 1.30 bits per heavy atom. The van der Waals surface area contributed by atoms with Crippen molar-refractivity contribution in [2.75, 3.05) is 31.4 Å². The smallest absolute Gasteiger partial charge is 0.342 e. The number of halogens is 1. The van der Waals surface area contributed by atoms with E-state index in [0.717, 1.165) is 30.7 Å². The summed E-state index contributed by atoms with van der Waals surface area (Å²) in [6, 6.07) is 9.00. The average Bonchev–Trinajstić information content (AvgIpc) is 3.49. The Labute approximate surface area is 181 Å². The molecule has 0 radical (unpaired) electrons. The van der Waals surface area contributed by atoms with Crippen LogP contribution in [-0.4, -0.2) is 63.3 Å². The molecule has 2 fully saturated rings. The lowest BCUT2D eigenvalue weighted by molar-refractivity contribution is 0.0107. The summed E-state index contributed by atoms with van der Waals surface area (Å²) < 4.78 is 7.75. The van der Waals surface area contributed by atoms with Gasteiger partial charge in [0.15, 0.2) is 5.82 Å². The van der Waals surface area contributed by atoms with Crippen LogP contribution in [0, 0.1) is 0 Å². The largest absolute Gasteiger partial charge is 0.488 e. The molecule has 162 valence electrons.